The molecule has 0 fully saturated rings. The molecule has 2 heteroatoms. The van der Waals surface area contributed by atoms with E-state index >= 15 is 0 Å². The van der Waals surface area contributed by atoms with E-state index in [-0.39, 0.29) is 0 Å². The van der Waals surface area contributed by atoms with Crippen LogP contribution in [0.4, 0.5) is 0 Å². The van der Waals surface area contributed by atoms with Gasteiger partial charge >= 0.3 is 0 Å². The SMILES string of the molecule is CC1c2ccoc2CCN1C. The number of fused-ring (bicyclic) bond motifs is 1. The Bertz CT molecular complexity index is 254. The van der Waals surface area contributed by atoms with Crippen LogP contribution in [0.1, 0.15) is 24.3 Å². The fourth-order valence-corrected chi connectivity index (χ4v) is 1.63. The second kappa shape index (κ2) is 2.38. The number of nitrogens with zero attached hydrogens (tertiary/aromatic N) is 1. The van der Waals surface area contributed by atoms with Gasteiger partial charge < -0.3 is 4.42 Å². The highest BCUT2D eigenvalue weighted by molar-refractivity contribution is 5.23. The third-order valence-electron chi connectivity index (χ3n) is 2.58. The molecule has 0 saturated carbocycles. The Morgan fingerprint density at radius 1 is 1.64 bits per heavy atom. The van der Waals surface area contributed by atoms with E-state index in [1.807, 2.05) is 0 Å². The lowest BCUT2D eigenvalue weighted by Gasteiger charge is -2.28. The minimum Gasteiger partial charge on any atom is -0.469 e. The molecule has 1 atom stereocenters. The van der Waals surface area contributed by atoms with Gasteiger partial charge in [-0.3, -0.25) is 4.90 Å². The summed E-state index contributed by atoms with van der Waals surface area (Å²) in [4.78, 5) is 2.35. The van der Waals surface area contributed by atoms with Crippen LogP contribution < -0.4 is 0 Å². The predicted octanol–water partition coefficient (Wildman–Crippen LogP) is 1.83. The second-order valence-corrected chi connectivity index (χ2v) is 3.21. The first kappa shape index (κ1) is 6.92. The van der Waals surface area contributed by atoms with Crippen molar-refractivity contribution in [1.82, 2.24) is 4.90 Å². The van der Waals surface area contributed by atoms with E-state index in [4.69, 9.17) is 4.42 Å². The number of hydrogen-bond donors (Lipinski definition) is 0. The van der Waals surface area contributed by atoms with E-state index in [0.29, 0.717) is 6.04 Å². The molecule has 0 bridgehead atoms. The van der Waals surface area contributed by atoms with Crippen LogP contribution in [-0.2, 0) is 6.42 Å². The monoisotopic (exact) mass is 151 g/mol. The van der Waals surface area contributed by atoms with Crippen LogP contribution in [0.25, 0.3) is 0 Å². The molecule has 2 rings (SSSR count). The van der Waals surface area contributed by atoms with Crippen LogP contribution in [0.5, 0.6) is 0 Å². The minimum atomic E-state index is 0.525. The molecule has 1 aliphatic heterocycles. The summed E-state index contributed by atoms with van der Waals surface area (Å²) in [5.41, 5.74) is 1.36. The van der Waals surface area contributed by atoms with Crippen LogP contribution in [0.3, 0.4) is 0 Å². The van der Waals surface area contributed by atoms with Gasteiger partial charge in [0.1, 0.15) is 5.76 Å². The van der Waals surface area contributed by atoms with Crippen LogP contribution in [0.2, 0.25) is 0 Å². The molecule has 0 saturated heterocycles. The van der Waals surface area contributed by atoms with Gasteiger partial charge in [0.15, 0.2) is 0 Å². The lowest BCUT2D eigenvalue weighted by Crippen LogP contribution is -2.29. The van der Waals surface area contributed by atoms with Crippen molar-refractivity contribution in [2.45, 2.75) is 19.4 Å². The summed E-state index contributed by atoms with van der Waals surface area (Å²) in [6.45, 7) is 3.33. The van der Waals surface area contributed by atoms with Crippen molar-refractivity contribution >= 4 is 0 Å². The molecular weight excluding hydrogens is 138 g/mol. The first-order valence-corrected chi connectivity index (χ1v) is 4.05. The molecule has 0 spiro atoms. The maximum atomic E-state index is 5.35. The summed E-state index contributed by atoms with van der Waals surface area (Å²) in [5.74, 6) is 1.18. The second-order valence-electron chi connectivity index (χ2n) is 3.21. The van der Waals surface area contributed by atoms with E-state index in [9.17, 15) is 0 Å². The molecule has 1 aromatic rings. The van der Waals surface area contributed by atoms with E-state index in [0.717, 1.165) is 13.0 Å². The highest BCUT2D eigenvalue weighted by Crippen LogP contribution is 2.28. The maximum Gasteiger partial charge on any atom is 0.109 e. The zero-order valence-corrected chi connectivity index (χ0v) is 7.00. The molecule has 0 N–H and O–H groups in total. The number of hydrogen-bond acceptors (Lipinski definition) is 2. The van der Waals surface area contributed by atoms with Crippen molar-refractivity contribution in [2.24, 2.45) is 0 Å². The summed E-state index contributed by atoms with van der Waals surface area (Å²) in [5, 5.41) is 0. The topological polar surface area (TPSA) is 16.4 Å². The van der Waals surface area contributed by atoms with Crippen molar-refractivity contribution in [3.8, 4) is 0 Å². The Hall–Kier alpha value is -0.760. The Labute approximate surface area is 66.8 Å². The summed E-state index contributed by atoms with van der Waals surface area (Å²) in [7, 11) is 2.15. The van der Waals surface area contributed by atoms with Crippen LogP contribution in [0, 0.1) is 0 Å². The van der Waals surface area contributed by atoms with Crippen LogP contribution >= 0.6 is 0 Å². The summed E-state index contributed by atoms with van der Waals surface area (Å²) in [6.07, 6.45) is 2.85. The van der Waals surface area contributed by atoms with Crippen molar-refractivity contribution < 1.29 is 4.42 Å². The third kappa shape index (κ3) is 0.979. The Morgan fingerprint density at radius 2 is 2.45 bits per heavy atom. The Morgan fingerprint density at radius 3 is 3.27 bits per heavy atom. The Kier molecular flexibility index (Phi) is 1.50. The van der Waals surface area contributed by atoms with Crippen molar-refractivity contribution in [3.63, 3.8) is 0 Å². The van der Waals surface area contributed by atoms with Gasteiger partial charge in [0.25, 0.3) is 0 Å². The van der Waals surface area contributed by atoms with E-state index in [1.54, 1.807) is 6.26 Å². The lowest BCUT2D eigenvalue weighted by molar-refractivity contribution is 0.235. The molecule has 2 nitrogen and oxygen atoms in total. The Balaban J connectivity index is 2.38. The van der Waals surface area contributed by atoms with E-state index < -0.39 is 0 Å². The molecule has 2 heterocycles. The smallest absolute Gasteiger partial charge is 0.109 e. The number of likely N-dealkylation sites (N-methyl/N-ethyl adjacent to an activating group) is 1. The lowest BCUT2D eigenvalue weighted by atomic mass is 10.0. The molecule has 0 aromatic carbocycles. The molecule has 1 aliphatic rings. The molecule has 60 valence electrons. The number of furan rings is 1. The molecule has 11 heavy (non-hydrogen) atoms. The van der Waals surface area contributed by atoms with Crippen LogP contribution in [0.15, 0.2) is 16.7 Å². The molecule has 0 aliphatic carbocycles. The molecule has 1 unspecified atom stereocenters. The van der Waals surface area contributed by atoms with Crippen molar-refractivity contribution in [3.05, 3.63) is 23.7 Å². The van der Waals surface area contributed by atoms with Crippen molar-refractivity contribution in [2.75, 3.05) is 13.6 Å². The fraction of sp³-hybridized carbons (Fsp3) is 0.556. The highest BCUT2D eigenvalue weighted by atomic mass is 16.3. The molecular formula is C9H13NO. The zero-order valence-electron chi connectivity index (χ0n) is 7.00. The molecule has 0 radical (unpaired) electrons. The largest absolute Gasteiger partial charge is 0.469 e. The average molecular weight is 151 g/mol. The summed E-state index contributed by atoms with van der Waals surface area (Å²) in [6, 6.07) is 2.60. The van der Waals surface area contributed by atoms with E-state index in [1.165, 1.54) is 11.3 Å². The fourth-order valence-electron chi connectivity index (χ4n) is 1.63. The van der Waals surface area contributed by atoms with Gasteiger partial charge in [0.2, 0.25) is 0 Å². The van der Waals surface area contributed by atoms with Gasteiger partial charge in [-0.05, 0) is 20.0 Å². The maximum absolute atomic E-state index is 5.35. The summed E-state index contributed by atoms with van der Waals surface area (Å²) < 4.78 is 5.35. The third-order valence-corrected chi connectivity index (χ3v) is 2.58. The first-order chi connectivity index (χ1) is 5.29. The normalized spacial score (nSPS) is 25.1. The van der Waals surface area contributed by atoms with Gasteiger partial charge in [0.05, 0.1) is 6.26 Å². The molecule has 1 aromatic heterocycles. The highest BCUT2D eigenvalue weighted by Gasteiger charge is 2.22. The van der Waals surface area contributed by atoms with Gasteiger partial charge in [-0.2, -0.15) is 0 Å². The summed E-state index contributed by atoms with van der Waals surface area (Å²) >= 11 is 0. The zero-order chi connectivity index (χ0) is 7.84. The first-order valence-electron chi connectivity index (χ1n) is 4.05. The van der Waals surface area contributed by atoms with E-state index in [2.05, 4.69) is 24.9 Å². The van der Waals surface area contributed by atoms with Crippen molar-refractivity contribution in [1.29, 1.82) is 0 Å². The quantitative estimate of drug-likeness (QED) is 0.562. The van der Waals surface area contributed by atoms with Gasteiger partial charge in [0, 0.05) is 24.6 Å². The standard InChI is InChI=1S/C9H13NO/c1-7-8-4-6-11-9(8)3-5-10(7)2/h4,6-7H,3,5H2,1-2H3. The van der Waals surface area contributed by atoms with Gasteiger partial charge in [-0.1, -0.05) is 0 Å². The van der Waals surface area contributed by atoms with Gasteiger partial charge in [-0.25, -0.2) is 0 Å². The van der Waals surface area contributed by atoms with Gasteiger partial charge in [-0.15, -0.1) is 0 Å². The minimum absolute atomic E-state index is 0.525. The predicted molar refractivity (Wildman–Crippen MR) is 43.5 cm³/mol. The average Bonchev–Trinajstić information content (AvgIpc) is 2.45. The molecule has 0 amide bonds. The number of rotatable bonds is 0. The van der Waals surface area contributed by atoms with Crippen LogP contribution in [-0.4, -0.2) is 18.5 Å².